The number of rotatable bonds is 9. The lowest BCUT2D eigenvalue weighted by atomic mass is 10.1. The van der Waals surface area contributed by atoms with Crippen molar-refractivity contribution in [1.29, 1.82) is 0 Å². The summed E-state index contributed by atoms with van der Waals surface area (Å²) in [4.78, 5) is 13.9. The molecule has 1 atom stereocenters. The number of carbonyl (C=O) groups is 1. The van der Waals surface area contributed by atoms with E-state index in [4.69, 9.17) is 4.74 Å². The van der Waals surface area contributed by atoms with Crippen molar-refractivity contribution in [3.05, 3.63) is 54.6 Å². The van der Waals surface area contributed by atoms with Gasteiger partial charge in [-0.1, -0.05) is 54.2 Å². The summed E-state index contributed by atoms with van der Waals surface area (Å²) in [5, 5.41) is -0.00964. The Morgan fingerprint density at radius 2 is 1.68 bits per heavy atom. The normalized spacial score (nSPS) is 16.4. The lowest BCUT2D eigenvalue weighted by Gasteiger charge is -2.32. The molecule has 0 bridgehead atoms. The fraction of sp³-hybridized carbons (Fsp3) is 0.435. The Morgan fingerprint density at radius 3 is 2.29 bits per heavy atom. The number of hydrogen-bond acceptors (Lipinski definition) is 6. The highest BCUT2D eigenvalue weighted by molar-refractivity contribution is 8.13. The highest BCUT2D eigenvalue weighted by Gasteiger charge is 2.30. The first kappa shape index (κ1) is 23.9. The van der Waals surface area contributed by atoms with Crippen molar-refractivity contribution < 1.29 is 17.9 Å². The summed E-state index contributed by atoms with van der Waals surface area (Å²) in [6.07, 6.45) is 0. The molecular formula is C23H30N2O4S2. The van der Waals surface area contributed by atoms with Gasteiger partial charge in [0.15, 0.2) is 5.12 Å². The van der Waals surface area contributed by atoms with E-state index in [1.807, 2.05) is 49.4 Å². The van der Waals surface area contributed by atoms with Crippen LogP contribution in [0.15, 0.2) is 59.5 Å². The van der Waals surface area contributed by atoms with Crippen LogP contribution in [0.25, 0.3) is 11.1 Å². The topological polar surface area (TPSA) is 66.9 Å². The average Bonchev–Trinajstić information content (AvgIpc) is 2.79. The van der Waals surface area contributed by atoms with Crippen LogP contribution in [0.1, 0.15) is 13.8 Å². The molecule has 0 N–H and O–H groups in total. The first-order valence-electron chi connectivity index (χ1n) is 10.5. The van der Waals surface area contributed by atoms with Crippen LogP contribution in [0.2, 0.25) is 0 Å². The molecule has 0 aliphatic carbocycles. The number of sulfonamides is 1. The second-order valence-electron chi connectivity index (χ2n) is 7.61. The van der Waals surface area contributed by atoms with E-state index in [1.165, 1.54) is 11.2 Å². The van der Waals surface area contributed by atoms with Gasteiger partial charge in [-0.25, -0.2) is 8.42 Å². The summed E-state index contributed by atoms with van der Waals surface area (Å²) >= 11 is 1.16. The molecule has 0 spiro atoms. The maximum Gasteiger partial charge on any atom is 0.243 e. The standard InChI is InChI=1S/C23H30N2O4S2/c1-19(18-30-20(2)26)25(13-12-24-14-16-29-17-15-24)31(27,28)23-10-8-22(9-11-23)21-6-4-3-5-7-21/h3-11,19H,12-18H2,1-2H3. The van der Waals surface area contributed by atoms with Crippen LogP contribution >= 0.6 is 11.8 Å². The van der Waals surface area contributed by atoms with Crippen molar-refractivity contribution >= 4 is 26.9 Å². The van der Waals surface area contributed by atoms with Crippen LogP contribution in [0, 0.1) is 0 Å². The molecule has 2 aromatic carbocycles. The van der Waals surface area contributed by atoms with Crippen molar-refractivity contribution in [1.82, 2.24) is 9.21 Å². The minimum atomic E-state index is -3.70. The maximum absolute atomic E-state index is 13.5. The second-order valence-corrected chi connectivity index (χ2v) is 10.7. The summed E-state index contributed by atoms with van der Waals surface area (Å²) in [6, 6.07) is 16.6. The van der Waals surface area contributed by atoms with Gasteiger partial charge >= 0.3 is 0 Å². The summed E-state index contributed by atoms with van der Waals surface area (Å²) in [7, 11) is -3.70. The number of nitrogens with zero attached hydrogens (tertiary/aromatic N) is 2. The number of ether oxygens (including phenoxy) is 1. The number of morpholine rings is 1. The van der Waals surface area contributed by atoms with Crippen molar-refractivity contribution in [2.45, 2.75) is 24.8 Å². The summed E-state index contributed by atoms with van der Waals surface area (Å²) in [6.45, 7) is 7.33. The van der Waals surface area contributed by atoms with Crippen LogP contribution in [-0.2, 0) is 19.6 Å². The molecule has 2 aromatic rings. The molecule has 31 heavy (non-hydrogen) atoms. The summed E-state index contributed by atoms with van der Waals surface area (Å²) in [5.74, 6) is 0.430. The minimum Gasteiger partial charge on any atom is -0.379 e. The summed E-state index contributed by atoms with van der Waals surface area (Å²) < 4.78 is 34.0. The molecule has 1 aliphatic rings. The molecule has 6 nitrogen and oxygen atoms in total. The maximum atomic E-state index is 13.5. The Kier molecular flexibility index (Phi) is 8.68. The van der Waals surface area contributed by atoms with E-state index < -0.39 is 10.0 Å². The number of hydrogen-bond donors (Lipinski definition) is 0. The third kappa shape index (κ3) is 6.63. The molecule has 1 aliphatic heterocycles. The smallest absolute Gasteiger partial charge is 0.243 e. The van der Waals surface area contributed by atoms with E-state index in [2.05, 4.69) is 4.90 Å². The van der Waals surface area contributed by atoms with E-state index in [-0.39, 0.29) is 16.1 Å². The Bertz CT molecular complexity index is 943. The molecule has 168 valence electrons. The average molecular weight is 463 g/mol. The largest absolute Gasteiger partial charge is 0.379 e. The van der Waals surface area contributed by atoms with E-state index in [0.717, 1.165) is 36.0 Å². The van der Waals surface area contributed by atoms with Gasteiger partial charge in [0, 0.05) is 44.9 Å². The highest BCUT2D eigenvalue weighted by Crippen LogP contribution is 2.25. The number of benzene rings is 2. The predicted molar refractivity (Wildman–Crippen MR) is 126 cm³/mol. The molecule has 1 heterocycles. The second kappa shape index (κ2) is 11.2. The Hall–Kier alpha value is -1.71. The lowest BCUT2D eigenvalue weighted by Crippen LogP contribution is -2.46. The number of thioether (sulfide) groups is 1. The Balaban J connectivity index is 1.80. The zero-order valence-electron chi connectivity index (χ0n) is 18.1. The van der Waals surface area contributed by atoms with E-state index in [9.17, 15) is 13.2 Å². The van der Waals surface area contributed by atoms with Crippen molar-refractivity contribution in [2.75, 3.05) is 45.1 Å². The van der Waals surface area contributed by atoms with Gasteiger partial charge in [0.2, 0.25) is 10.0 Å². The Morgan fingerprint density at radius 1 is 1.06 bits per heavy atom. The van der Waals surface area contributed by atoms with Gasteiger partial charge in [-0.3, -0.25) is 9.69 Å². The first-order valence-corrected chi connectivity index (χ1v) is 12.9. The van der Waals surface area contributed by atoms with Crippen LogP contribution in [-0.4, -0.2) is 73.9 Å². The quantitative estimate of drug-likeness (QED) is 0.569. The van der Waals surface area contributed by atoms with Gasteiger partial charge in [0.1, 0.15) is 0 Å². The third-order valence-corrected chi connectivity index (χ3v) is 8.41. The SMILES string of the molecule is CC(=O)SCC(C)N(CCN1CCOCC1)S(=O)(=O)c1ccc(-c2ccccc2)cc1. The first-order chi connectivity index (χ1) is 14.9. The van der Waals surface area contributed by atoms with E-state index in [0.29, 0.717) is 32.1 Å². The third-order valence-electron chi connectivity index (χ3n) is 5.33. The van der Waals surface area contributed by atoms with Crippen LogP contribution in [0.4, 0.5) is 0 Å². The molecule has 1 fully saturated rings. The van der Waals surface area contributed by atoms with Gasteiger partial charge in [0.05, 0.1) is 18.1 Å². The minimum absolute atomic E-state index is 0.00964. The molecule has 0 amide bonds. The Labute approximate surface area is 189 Å². The fourth-order valence-electron chi connectivity index (χ4n) is 3.55. The lowest BCUT2D eigenvalue weighted by molar-refractivity contribution is -0.109. The fourth-order valence-corrected chi connectivity index (χ4v) is 5.92. The highest BCUT2D eigenvalue weighted by atomic mass is 32.2. The molecule has 0 saturated carbocycles. The monoisotopic (exact) mass is 462 g/mol. The van der Waals surface area contributed by atoms with Gasteiger partial charge in [-0.05, 0) is 30.2 Å². The molecule has 0 radical (unpaired) electrons. The molecule has 3 rings (SSSR count). The molecule has 0 aromatic heterocycles. The van der Waals surface area contributed by atoms with Crippen LogP contribution in [0.3, 0.4) is 0 Å². The number of carbonyl (C=O) groups excluding carboxylic acids is 1. The predicted octanol–water partition coefficient (Wildman–Crippen LogP) is 3.34. The van der Waals surface area contributed by atoms with Crippen molar-refractivity contribution in [3.63, 3.8) is 0 Å². The van der Waals surface area contributed by atoms with E-state index >= 15 is 0 Å². The molecule has 1 unspecified atom stereocenters. The molecule has 8 heteroatoms. The van der Waals surface area contributed by atoms with Gasteiger partial charge in [-0.15, -0.1) is 0 Å². The van der Waals surface area contributed by atoms with Crippen molar-refractivity contribution in [3.8, 4) is 11.1 Å². The van der Waals surface area contributed by atoms with Gasteiger partial charge in [-0.2, -0.15) is 4.31 Å². The van der Waals surface area contributed by atoms with Crippen molar-refractivity contribution in [2.24, 2.45) is 0 Å². The zero-order chi connectivity index (χ0) is 22.3. The zero-order valence-corrected chi connectivity index (χ0v) is 19.7. The molecular weight excluding hydrogens is 432 g/mol. The van der Waals surface area contributed by atoms with Crippen LogP contribution < -0.4 is 0 Å². The van der Waals surface area contributed by atoms with Gasteiger partial charge in [0.25, 0.3) is 0 Å². The van der Waals surface area contributed by atoms with E-state index in [1.54, 1.807) is 12.1 Å². The van der Waals surface area contributed by atoms with Crippen LogP contribution in [0.5, 0.6) is 0 Å². The summed E-state index contributed by atoms with van der Waals surface area (Å²) in [5.41, 5.74) is 2.02. The van der Waals surface area contributed by atoms with Gasteiger partial charge < -0.3 is 4.74 Å². The molecule has 1 saturated heterocycles.